The summed E-state index contributed by atoms with van der Waals surface area (Å²) in [4.78, 5) is 14.5. The maximum absolute atomic E-state index is 12.3. The summed E-state index contributed by atoms with van der Waals surface area (Å²) in [5.41, 5.74) is 4.76. The van der Waals surface area contributed by atoms with E-state index < -0.39 is 0 Å². The topological polar surface area (TPSA) is 61.1 Å². The molecule has 3 aromatic rings. The van der Waals surface area contributed by atoms with E-state index in [-0.39, 0.29) is 5.97 Å². The number of hydrogen-bond acceptors (Lipinski definition) is 6. The highest BCUT2D eigenvalue weighted by atomic mass is 16.5. The van der Waals surface area contributed by atoms with Gasteiger partial charge >= 0.3 is 5.97 Å². The van der Waals surface area contributed by atoms with Gasteiger partial charge in [0.2, 0.25) is 0 Å². The standard InChI is InChI=1S/C25H25NO4.C4H8O/c1-3-29-24-9-5-4-8-22(24)18-10-11-23-20(15-18)16-19(25(27)28-2)12-13-26(23)17-21-7-6-14-30-21;1-2-4-5-3-1/h4-11,14-16H,3,12-13,17H2,1-2H3;1-4H2. The fraction of sp³-hybridized carbons (Fsp3) is 0.345. The Balaban J connectivity index is 0.000000514. The van der Waals surface area contributed by atoms with Crippen molar-refractivity contribution in [1.82, 2.24) is 0 Å². The molecule has 0 unspecified atom stereocenters. The number of esters is 1. The van der Waals surface area contributed by atoms with Crippen LogP contribution in [0.25, 0.3) is 17.2 Å². The van der Waals surface area contributed by atoms with Crippen LogP contribution in [0.2, 0.25) is 0 Å². The largest absolute Gasteiger partial charge is 0.493 e. The molecule has 5 rings (SSSR count). The summed E-state index contributed by atoms with van der Waals surface area (Å²) in [5, 5.41) is 0. The van der Waals surface area contributed by atoms with Crippen LogP contribution in [0.1, 0.15) is 37.5 Å². The Kier molecular flexibility index (Phi) is 8.63. The van der Waals surface area contributed by atoms with E-state index >= 15 is 0 Å². The predicted octanol–water partition coefficient (Wildman–Crippen LogP) is 6.11. The van der Waals surface area contributed by atoms with E-state index in [0.29, 0.717) is 31.7 Å². The normalized spacial score (nSPS) is 14.8. The van der Waals surface area contributed by atoms with Crippen LogP contribution in [0.4, 0.5) is 5.69 Å². The lowest BCUT2D eigenvalue weighted by Crippen LogP contribution is -2.24. The van der Waals surface area contributed by atoms with E-state index in [0.717, 1.165) is 47.1 Å². The molecule has 0 amide bonds. The summed E-state index contributed by atoms with van der Waals surface area (Å²) in [6.45, 7) is 5.91. The molecule has 1 saturated heterocycles. The van der Waals surface area contributed by atoms with Crippen molar-refractivity contribution in [3.8, 4) is 16.9 Å². The van der Waals surface area contributed by atoms with E-state index in [1.165, 1.54) is 20.0 Å². The van der Waals surface area contributed by atoms with Gasteiger partial charge in [-0.15, -0.1) is 0 Å². The zero-order valence-corrected chi connectivity index (χ0v) is 20.5. The lowest BCUT2D eigenvalue weighted by molar-refractivity contribution is -0.136. The van der Waals surface area contributed by atoms with Crippen molar-refractivity contribution in [3.05, 3.63) is 77.8 Å². The molecule has 2 aromatic carbocycles. The van der Waals surface area contributed by atoms with Crippen LogP contribution in [-0.4, -0.2) is 39.4 Å². The van der Waals surface area contributed by atoms with Crippen LogP contribution in [0, 0.1) is 0 Å². The summed E-state index contributed by atoms with van der Waals surface area (Å²) in [6.07, 6.45) is 6.78. The average molecular weight is 476 g/mol. The first kappa shape index (κ1) is 24.6. The van der Waals surface area contributed by atoms with Crippen molar-refractivity contribution >= 4 is 17.7 Å². The molecule has 6 heteroatoms. The Hall–Kier alpha value is -3.51. The number of ether oxygens (including phenoxy) is 3. The first-order valence-electron chi connectivity index (χ1n) is 12.2. The van der Waals surface area contributed by atoms with Crippen molar-refractivity contribution in [2.75, 3.05) is 38.4 Å². The number of fused-ring (bicyclic) bond motifs is 1. The van der Waals surface area contributed by atoms with Crippen molar-refractivity contribution in [2.24, 2.45) is 0 Å². The number of furan rings is 1. The zero-order chi connectivity index (χ0) is 24.5. The van der Waals surface area contributed by atoms with Gasteiger partial charge in [-0.25, -0.2) is 4.79 Å². The summed E-state index contributed by atoms with van der Waals surface area (Å²) in [6, 6.07) is 18.2. The molecule has 35 heavy (non-hydrogen) atoms. The van der Waals surface area contributed by atoms with Gasteiger partial charge in [0.05, 0.1) is 26.5 Å². The number of benzene rings is 2. The molecule has 0 atom stereocenters. The summed E-state index contributed by atoms with van der Waals surface area (Å²) in [7, 11) is 1.42. The fourth-order valence-electron chi connectivity index (χ4n) is 4.31. The van der Waals surface area contributed by atoms with Crippen LogP contribution in [0.5, 0.6) is 5.75 Å². The molecule has 0 saturated carbocycles. The molecule has 0 N–H and O–H groups in total. The molecule has 0 radical (unpaired) electrons. The molecule has 2 aliphatic rings. The van der Waals surface area contributed by atoms with E-state index in [9.17, 15) is 4.79 Å². The smallest absolute Gasteiger partial charge is 0.333 e. The number of carbonyl (C=O) groups excluding carboxylic acids is 1. The molecule has 0 aliphatic carbocycles. The van der Waals surface area contributed by atoms with Gasteiger partial charge in [0.25, 0.3) is 0 Å². The van der Waals surface area contributed by atoms with Crippen molar-refractivity contribution in [3.63, 3.8) is 0 Å². The van der Waals surface area contributed by atoms with Gasteiger partial charge in [0, 0.05) is 36.6 Å². The highest BCUT2D eigenvalue weighted by Crippen LogP contribution is 2.36. The van der Waals surface area contributed by atoms with Crippen LogP contribution < -0.4 is 9.64 Å². The van der Waals surface area contributed by atoms with Crippen LogP contribution in [0.15, 0.2) is 70.9 Å². The quantitative estimate of drug-likeness (QED) is 0.401. The second kappa shape index (κ2) is 12.3. The van der Waals surface area contributed by atoms with Crippen molar-refractivity contribution < 1.29 is 23.4 Å². The Morgan fingerprint density at radius 2 is 1.89 bits per heavy atom. The Bertz CT molecular complexity index is 1120. The maximum atomic E-state index is 12.3. The third-order valence-corrected chi connectivity index (χ3v) is 6.05. The second-order valence-corrected chi connectivity index (χ2v) is 8.43. The first-order chi connectivity index (χ1) is 17.2. The highest BCUT2D eigenvalue weighted by Gasteiger charge is 2.21. The first-order valence-corrected chi connectivity index (χ1v) is 12.2. The molecule has 1 fully saturated rings. The van der Waals surface area contributed by atoms with Crippen LogP contribution in [0.3, 0.4) is 0 Å². The van der Waals surface area contributed by atoms with Gasteiger partial charge < -0.3 is 23.5 Å². The van der Waals surface area contributed by atoms with E-state index in [1.807, 2.05) is 43.3 Å². The predicted molar refractivity (Wildman–Crippen MR) is 137 cm³/mol. The molecule has 0 spiro atoms. The van der Waals surface area contributed by atoms with E-state index in [4.69, 9.17) is 18.6 Å². The minimum Gasteiger partial charge on any atom is -0.493 e. The average Bonchev–Trinajstić information content (AvgIpc) is 3.61. The lowest BCUT2D eigenvalue weighted by atomic mass is 9.99. The van der Waals surface area contributed by atoms with Crippen molar-refractivity contribution in [1.29, 1.82) is 0 Å². The Morgan fingerprint density at radius 1 is 1.06 bits per heavy atom. The molecular weight excluding hydrogens is 442 g/mol. The highest BCUT2D eigenvalue weighted by molar-refractivity contribution is 5.96. The Morgan fingerprint density at radius 3 is 2.57 bits per heavy atom. The number of nitrogens with zero attached hydrogens (tertiary/aromatic N) is 1. The van der Waals surface area contributed by atoms with Crippen LogP contribution in [-0.2, 0) is 20.8 Å². The monoisotopic (exact) mass is 475 g/mol. The third kappa shape index (κ3) is 6.34. The SMILES string of the molecule is C1CCOC1.CCOc1ccccc1-c1ccc2c(c1)C=C(C(=O)OC)CCN2Cc1ccco1. The van der Waals surface area contributed by atoms with E-state index in [2.05, 4.69) is 29.2 Å². The molecular formula is C29H33NO5. The number of hydrogen-bond donors (Lipinski definition) is 0. The lowest BCUT2D eigenvalue weighted by Gasteiger charge is -2.24. The molecule has 3 heterocycles. The summed E-state index contributed by atoms with van der Waals surface area (Å²) < 4.78 is 21.3. The Labute approximate surface area is 207 Å². The number of para-hydroxylation sites is 1. The number of carbonyl (C=O) groups is 1. The minimum absolute atomic E-state index is 0.291. The van der Waals surface area contributed by atoms with Crippen LogP contribution >= 0.6 is 0 Å². The van der Waals surface area contributed by atoms with Crippen molar-refractivity contribution in [2.45, 2.75) is 32.7 Å². The van der Waals surface area contributed by atoms with Gasteiger partial charge in [0.1, 0.15) is 11.5 Å². The summed E-state index contributed by atoms with van der Waals surface area (Å²) in [5.74, 6) is 1.44. The number of anilines is 1. The fourth-order valence-corrected chi connectivity index (χ4v) is 4.31. The van der Waals surface area contributed by atoms with Gasteiger partial charge in [-0.05, 0) is 73.7 Å². The van der Waals surface area contributed by atoms with Gasteiger partial charge in [-0.3, -0.25) is 0 Å². The minimum atomic E-state index is -0.291. The summed E-state index contributed by atoms with van der Waals surface area (Å²) >= 11 is 0. The number of methoxy groups -OCH3 is 1. The second-order valence-electron chi connectivity index (χ2n) is 8.43. The molecule has 6 nitrogen and oxygen atoms in total. The van der Waals surface area contributed by atoms with E-state index in [1.54, 1.807) is 6.26 Å². The molecule has 0 bridgehead atoms. The zero-order valence-electron chi connectivity index (χ0n) is 20.5. The van der Waals surface area contributed by atoms with Gasteiger partial charge in [-0.2, -0.15) is 0 Å². The van der Waals surface area contributed by atoms with Gasteiger partial charge in [-0.1, -0.05) is 24.3 Å². The third-order valence-electron chi connectivity index (χ3n) is 6.05. The maximum Gasteiger partial charge on any atom is 0.333 e. The number of rotatable bonds is 6. The molecule has 1 aromatic heterocycles. The molecule has 2 aliphatic heterocycles. The van der Waals surface area contributed by atoms with Gasteiger partial charge in [0.15, 0.2) is 0 Å². The molecule has 184 valence electrons.